The fourth-order valence-electron chi connectivity index (χ4n) is 4.99. The molecule has 2 N–H and O–H groups in total. The molecule has 38 heavy (non-hydrogen) atoms. The normalized spacial score (nSPS) is 16.4. The van der Waals surface area contributed by atoms with Crippen LogP contribution in [-0.2, 0) is 4.79 Å². The third-order valence-electron chi connectivity index (χ3n) is 6.67. The van der Waals surface area contributed by atoms with Crippen LogP contribution in [0.3, 0.4) is 0 Å². The smallest absolute Gasteiger partial charge is 0.342 e. The molecular weight excluding hydrogens is 476 g/mol. The second-order valence-electron chi connectivity index (χ2n) is 10.9. The van der Waals surface area contributed by atoms with Gasteiger partial charge < -0.3 is 14.6 Å². The first-order chi connectivity index (χ1) is 17.7. The topological polar surface area (TPSA) is 87.7 Å². The number of aliphatic hydroxyl groups is 1. The molecule has 0 saturated heterocycles. The summed E-state index contributed by atoms with van der Waals surface area (Å²) < 4.78 is 5.44. The first-order valence-electron chi connectivity index (χ1n) is 13.6. The van der Waals surface area contributed by atoms with Gasteiger partial charge in [0.25, 0.3) is 0 Å². The number of Topliss-reactive ketones (excluding diaryl/α,β-unsaturated/α-hetero) is 1. The standard InChI is InChI=1S/C33H48O5/c1-11-12-29(19-34)30(35)25(7)17-23(5)15-21(3)13-20(2)14-22(4)16-24(6)18-26(8)32-27(9)31(36)28(10)33(37)38-32/h13-15,17-18,23-24,29,34,36H,11-12,16,19H2,1-10H3. The molecule has 1 aromatic heterocycles. The van der Waals surface area contributed by atoms with E-state index in [1.165, 1.54) is 5.57 Å². The molecule has 0 spiro atoms. The van der Waals surface area contributed by atoms with E-state index in [-0.39, 0.29) is 41.5 Å². The van der Waals surface area contributed by atoms with Crippen molar-refractivity contribution in [2.24, 2.45) is 17.8 Å². The summed E-state index contributed by atoms with van der Waals surface area (Å²) in [7, 11) is 0. The molecule has 0 fully saturated rings. The van der Waals surface area contributed by atoms with Crippen LogP contribution in [-0.4, -0.2) is 22.6 Å². The number of aromatic hydroxyl groups is 1. The van der Waals surface area contributed by atoms with Crippen LogP contribution >= 0.6 is 0 Å². The Bertz CT molecular complexity index is 1190. The van der Waals surface area contributed by atoms with E-state index in [2.05, 4.69) is 58.9 Å². The fraction of sp³-hybridized carbons (Fsp3) is 0.515. The lowest BCUT2D eigenvalue weighted by molar-refractivity contribution is -0.120. The molecule has 5 nitrogen and oxygen atoms in total. The van der Waals surface area contributed by atoms with Crippen LogP contribution in [0.4, 0.5) is 0 Å². The summed E-state index contributed by atoms with van der Waals surface area (Å²) in [6.07, 6.45) is 12.9. The van der Waals surface area contributed by atoms with Gasteiger partial charge in [0.1, 0.15) is 11.5 Å². The van der Waals surface area contributed by atoms with Gasteiger partial charge in [0.2, 0.25) is 0 Å². The summed E-state index contributed by atoms with van der Waals surface area (Å²) in [5.41, 5.74) is 5.32. The van der Waals surface area contributed by atoms with Gasteiger partial charge in [-0.05, 0) is 84.3 Å². The van der Waals surface area contributed by atoms with Gasteiger partial charge in [-0.25, -0.2) is 4.79 Å². The molecule has 0 bridgehead atoms. The van der Waals surface area contributed by atoms with E-state index in [1.54, 1.807) is 13.8 Å². The van der Waals surface area contributed by atoms with Gasteiger partial charge in [0.05, 0.1) is 12.2 Å². The number of carbonyl (C=O) groups is 1. The molecule has 3 atom stereocenters. The predicted octanol–water partition coefficient (Wildman–Crippen LogP) is 7.79. The van der Waals surface area contributed by atoms with Crippen molar-refractivity contribution in [3.05, 3.63) is 80.0 Å². The Morgan fingerprint density at radius 3 is 2.16 bits per heavy atom. The molecule has 5 heteroatoms. The van der Waals surface area contributed by atoms with Crippen LogP contribution in [0.15, 0.2) is 61.9 Å². The summed E-state index contributed by atoms with van der Waals surface area (Å²) in [6, 6.07) is 0. The van der Waals surface area contributed by atoms with Crippen LogP contribution in [0.5, 0.6) is 5.75 Å². The molecule has 1 rings (SSSR count). The zero-order valence-corrected chi connectivity index (χ0v) is 25.1. The van der Waals surface area contributed by atoms with E-state index < -0.39 is 5.63 Å². The summed E-state index contributed by atoms with van der Waals surface area (Å²) in [5.74, 6) is 0.468. The van der Waals surface area contributed by atoms with E-state index in [4.69, 9.17) is 4.42 Å². The number of carbonyl (C=O) groups excluding carboxylic acids is 1. The van der Waals surface area contributed by atoms with Crippen molar-refractivity contribution in [2.45, 2.75) is 88.5 Å². The molecular formula is C33H48O5. The summed E-state index contributed by atoms with van der Waals surface area (Å²) >= 11 is 0. The first-order valence-corrected chi connectivity index (χ1v) is 13.6. The Hall–Kier alpha value is -2.92. The van der Waals surface area contributed by atoms with Gasteiger partial charge in [-0.3, -0.25) is 4.79 Å². The first kappa shape index (κ1) is 33.1. The Labute approximate surface area is 229 Å². The maximum absolute atomic E-state index is 12.6. The quantitative estimate of drug-likeness (QED) is 0.203. The zero-order valence-electron chi connectivity index (χ0n) is 25.1. The van der Waals surface area contributed by atoms with E-state index in [0.717, 1.165) is 29.6 Å². The van der Waals surface area contributed by atoms with Crippen molar-refractivity contribution in [1.29, 1.82) is 0 Å². The van der Waals surface area contributed by atoms with Crippen molar-refractivity contribution >= 4 is 11.4 Å². The Morgan fingerprint density at radius 2 is 1.58 bits per heavy atom. The highest BCUT2D eigenvalue weighted by Crippen LogP contribution is 2.28. The van der Waals surface area contributed by atoms with Gasteiger partial charge in [0.15, 0.2) is 5.78 Å². The molecule has 0 radical (unpaired) electrons. The van der Waals surface area contributed by atoms with Crippen molar-refractivity contribution in [3.8, 4) is 5.75 Å². The predicted molar refractivity (Wildman–Crippen MR) is 158 cm³/mol. The largest absolute Gasteiger partial charge is 0.507 e. The molecule has 0 aliphatic rings. The number of hydrogen-bond acceptors (Lipinski definition) is 5. The maximum Gasteiger partial charge on any atom is 0.342 e. The van der Waals surface area contributed by atoms with Crippen molar-refractivity contribution in [3.63, 3.8) is 0 Å². The number of ketones is 1. The highest BCUT2D eigenvalue weighted by molar-refractivity contribution is 5.96. The SMILES string of the molecule is CCCC(CO)C(=O)C(C)=CC(C)C=C(C)C=C(C)C=C(C)CC(C)C=C(C)c1oc(=O)c(C)c(O)c1C. The highest BCUT2D eigenvalue weighted by Gasteiger charge is 2.18. The molecule has 1 heterocycles. The lowest BCUT2D eigenvalue weighted by Crippen LogP contribution is -2.19. The third kappa shape index (κ3) is 10.1. The minimum Gasteiger partial charge on any atom is -0.507 e. The Kier molecular flexibility index (Phi) is 13.5. The molecule has 0 aliphatic carbocycles. The highest BCUT2D eigenvalue weighted by atomic mass is 16.4. The lowest BCUT2D eigenvalue weighted by Gasteiger charge is -2.13. The number of aliphatic hydroxyl groups excluding tert-OH is 1. The van der Waals surface area contributed by atoms with Crippen molar-refractivity contribution in [2.75, 3.05) is 6.61 Å². The molecule has 210 valence electrons. The van der Waals surface area contributed by atoms with E-state index in [0.29, 0.717) is 23.3 Å². The van der Waals surface area contributed by atoms with Gasteiger partial charge >= 0.3 is 5.63 Å². The lowest BCUT2D eigenvalue weighted by atomic mass is 9.92. The summed E-state index contributed by atoms with van der Waals surface area (Å²) in [6.45, 7) is 19.4. The Morgan fingerprint density at radius 1 is 0.947 bits per heavy atom. The van der Waals surface area contributed by atoms with E-state index >= 15 is 0 Å². The van der Waals surface area contributed by atoms with Crippen molar-refractivity contribution in [1.82, 2.24) is 0 Å². The number of allylic oxidation sites excluding steroid dienone is 10. The third-order valence-corrected chi connectivity index (χ3v) is 6.67. The van der Waals surface area contributed by atoms with E-state index in [9.17, 15) is 19.8 Å². The molecule has 3 unspecified atom stereocenters. The number of rotatable bonds is 13. The maximum atomic E-state index is 12.6. The van der Waals surface area contributed by atoms with Crippen LogP contribution < -0.4 is 5.63 Å². The fourth-order valence-corrected chi connectivity index (χ4v) is 4.99. The summed E-state index contributed by atoms with van der Waals surface area (Å²) in [5, 5.41) is 19.7. The molecule has 0 aliphatic heterocycles. The minimum absolute atomic E-state index is 0.00525. The van der Waals surface area contributed by atoms with Crippen LogP contribution in [0.25, 0.3) is 5.57 Å². The van der Waals surface area contributed by atoms with Crippen molar-refractivity contribution < 1.29 is 19.4 Å². The average molecular weight is 525 g/mol. The Balaban J connectivity index is 2.93. The number of hydrogen-bond donors (Lipinski definition) is 2. The molecule has 0 saturated carbocycles. The zero-order chi connectivity index (χ0) is 29.2. The van der Waals surface area contributed by atoms with Crippen LogP contribution in [0.2, 0.25) is 0 Å². The molecule has 0 amide bonds. The molecule has 0 aromatic carbocycles. The minimum atomic E-state index is -0.513. The van der Waals surface area contributed by atoms with Gasteiger partial charge in [-0.2, -0.15) is 0 Å². The van der Waals surface area contributed by atoms with Crippen LogP contribution in [0, 0.1) is 31.6 Å². The van der Waals surface area contributed by atoms with E-state index in [1.807, 2.05) is 26.8 Å². The summed E-state index contributed by atoms with van der Waals surface area (Å²) in [4.78, 5) is 24.6. The average Bonchev–Trinajstić information content (AvgIpc) is 2.82. The monoisotopic (exact) mass is 524 g/mol. The van der Waals surface area contributed by atoms with Gasteiger partial charge in [-0.1, -0.05) is 74.3 Å². The van der Waals surface area contributed by atoms with Gasteiger partial charge in [0, 0.05) is 11.5 Å². The molecule has 1 aromatic rings. The second kappa shape index (κ2) is 15.5. The van der Waals surface area contributed by atoms with Gasteiger partial charge in [-0.15, -0.1) is 0 Å². The second-order valence-corrected chi connectivity index (χ2v) is 10.9. The van der Waals surface area contributed by atoms with Crippen LogP contribution in [0.1, 0.15) is 91.5 Å².